The van der Waals surface area contributed by atoms with Gasteiger partial charge in [0.05, 0.1) is 4.92 Å². The summed E-state index contributed by atoms with van der Waals surface area (Å²) in [7, 11) is 0. The number of hydrogen-bond donors (Lipinski definition) is 2. The fourth-order valence-corrected chi connectivity index (χ4v) is 1.97. The van der Waals surface area contributed by atoms with Crippen LogP contribution in [0.3, 0.4) is 0 Å². The highest BCUT2D eigenvalue weighted by Crippen LogP contribution is 2.28. The number of nitrogens with one attached hydrogen (secondary N) is 1. The standard InChI is InChI=1S/C12H16BrN3O3/c1-2-8(7-14)5-12(17)15-10-4-3-9(13)6-11(10)16(18)19/h3-4,6,8H,2,5,7,14H2,1H3,(H,15,17). The molecule has 0 aliphatic carbocycles. The predicted molar refractivity (Wildman–Crippen MR) is 76.9 cm³/mol. The zero-order valence-electron chi connectivity index (χ0n) is 10.6. The summed E-state index contributed by atoms with van der Waals surface area (Å²) in [6.07, 6.45) is 1.06. The monoisotopic (exact) mass is 329 g/mol. The van der Waals surface area contributed by atoms with Gasteiger partial charge in [0, 0.05) is 17.0 Å². The maximum Gasteiger partial charge on any atom is 0.293 e. The van der Waals surface area contributed by atoms with Crippen LogP contribution in [0.4, 0.5) is 11.4 Å². The van der Waals surface area contributed by atoms with Crippen molar-refractivity contribution in [1.82, 2.24) is 0 Å². The Morgan fingerprint density at radius 2 is 2.26 bits per heavy atom. The Kier molecular flexibility index (Phi) is 5.91. The molecule has 104 valence electrons. The molecule has 1 aromatic carbocycles. The molecule has 1 unspecified atom stereocenters. The molecule has 1 aromatic rings. The predicted octanol–water partition coefficient (Wildman–Crippen LogP) is 2.67. The average Bonchev–Trinajstić information content (AvgIpc) is 2.37. The number of halogens is 1. The van der Waals surface area contributed by atoms with Crippen LogP contribution in [0.2, 0.25) is 0 Å². The molecule has 0 bridgehead atoms. The summed E-state index contributed by atoms with van der Waals surface area (Å²) >= 11 is 3.16. The van der Waals surface area contributed by atoms with Crippen molar-refractivity contribution < 1.29 is 9.72 Å². The van der Waals surface area contributed by atoms with E-state index in [4.69, 9.17) is 5.73 Å². The first kappa shape index (κ1) is 15.6. The van der Waals surface area contributed by atoms with Gasteiger partial charge in [-0.05, 0) is 24.6 Å². The Balaban J connectivity index is 2.82. The van der Waals surface area contributed by atoms with Crippen LogP contribution in [0.5, 0.6) is 0 Å². The van der Waals surface area contributed by atoms with E-state index in [-0.39, 0.29) is 29.6 Å². The fourth-order valence-electron chi connectivity index (χ4n) is 1.62. The number of anilines is 1. The number of benzene rings is 1. The lowest BCUT2D eigenvalue weighted by atomic mass is 10.0. The van der Waals surface area contributed by atoms with Crippen LogP contribution in [0.25, 0.3) is 0 Å². The zero-order valence-corrected chi connectivity index (χ0v) is 12.1. The second-order valence-corrected chi connectivity index (χ2v) is 5.10. The summed E-state index contributed by atoms with van der Waals surface area (Å²) in [5, 5.41) is 13.5. The zero-order chi connectivity index (χ0) is 14.4. The summed E-state index contributed by atoms with van der Waals surface area (Å²) in [6.45, 7) is 2.37. The molecule has 0 radical (unpaired) electrons. The highest BCUT2D eigenvalue weighted by molar-refractivity contribution is 9.10. The first-order chi connectivity index (χ1) is 8.97. The van der Waals surface area contributed by atoms with Crippen molar-refractivity contribution >= 4 is 33.2 Å². The van der Waals surface area contributed by atoms with Gasteiger partial charge in [-0.2, -0.15) is 0 Å². The number of carbonyl (C=O) groups is 1. The third kappa shape index (κ3) is 4.60. The largest absolute Gasteiger partial charge is 0.330 e. The van der Waals surface area contributed by atoms with Gasteiger partial charge < -0.3 is 11.1 Å². The molecule has 0 heterocycles. The van der Waals surface area contributed by atoms with Crippen molar-refractivity contribution in [1.29, 1.82) is 0 Å². The Morgan fingerprint density at radius 3 is 2.79 bits per heavy atom. The Hall–Kier alpha value is -1.47. The molecule has 0 saturated carbocycles. The van der Waals surface area contributed by atoms with E-state index in [1.54, 1.807) is 6.07 Å². The molecule has 19 heavy (non-hydrogen) atoms. The SMILES string of the molecule is CCC(CN)CC(=O)Nc1ccc(Br)cc1[N+](=O)[O-]. The summed E-state index contributed by atoms with van der Waals surface area (Å²) in [4.78, 5) is 22.2. The molecule has 3 N–H and O–H groups in total. The van der Waals surface area contributed by atoms with Crippen LogP contribution in [0, 0.1) is 16.0 Å². The van der Waals surface area contributed by atoms with E-state index >= 15 is 0 Å². The lowest BCUT2D eigenvalue weighted by Crippen LogP contribution is -2.22. The Morgan fingerprint density at radius 1 is 1.58 bits per heavy atom. The van der Waals surface area contributed by atoms with Gasteiger partial charge in [0.1, 0.15) is 5.69 Å². The first-order valence-corrected chi connectivity index (χ1v) is 6.71. The number of hydrogen-bond acceptors (Lipinski definition) is 4. The first-order valence-electron chi connectivity index (χ1n) is 5.91. The maximum absolute atomic E-state index is 11.8. The molecule has 1 atom stereocenters. The van der Waals surface area contributed by atoms with Gasteiger partial charge in [0.2, 0.25) is 5.91 Å². The van der Waals surface area contributed by atoms with E-state index in [0.29, 0.717) is 11.0 Å². The summed E-state index contributed by atoms with van der Waals surface area (Å²) in [6, 6.07) is 4.50. The summed E-state index contributed by atoms with van der Waals surface area (Å²) in [5.41, 5.74) is 5.59. The van der Waals surface area contributed by atoms with Gasteiger partial charge in [0.25, 0.3) is 5.69 Å². The maximum atomic E-state index is 11.8. The molecule has 0 aromatic heterocycles. The topological polar surface area (TPSA) is 98.3 Å². The minimum atomic E-state index is -0.527. The number of nitro benzene ring substituents is 1. The minimum Gasteiger partial charge on any atom is -0.330 e. The average molecular weight is 330 g/mol. The third-order valence-electron chi connectivity index (χ3n) is 2.82. The van der Waals surface area contributed by atoms with Crippen molar-refractivity contribution in [2.75, 3.05) is 11.9 Å². The Labute approximate surface area is 119 Å². The summed E-state index contributed by atoms with van der Waals surface area (Å²) < 4.78 is 0.589. The molecule has 7 heteroatoms. The number of nitrogens with zero attached hydrogens (tertiary/aromatic N) is 1. The van der Waals surface area contributed by atoms with Gasteiger partial charge in [-0.15, -0.1) is 0 Å². The van der Waals surface area contributed by atoms with E-state index < -0.39 is 4.92 Å². The van der Waals surface area contributed by atoms with Crippen LogP contribution in [-0.4, -0.2) is 17.4 Å². The second kappa shape index (κ2) is 7.20. The number of amides is 1. The lowest BCUT2D eigenvalue weighted by molar-refractivity contribution is -0.384. The highest BCUT2D eigenvalue weighted by atomic mass is 79.9. The molecule has 1 amide bonds. The van der Waals surface area contributed by atoms with Crippen molar-refractivity contribution in [3.05, 3.63) is 32.8 Å². The smallest absolute Gasteiger partial charge is 0.293 e. The van der Waals surface area contributed by atoms with E-state index in [1.165, 1.54) is 12.1 Å². The Bertz CT molecular complexity index is 475. The molecule has 0 fully saturated rings. The van der Waals surface area contributed by atoms with Crippen molar-refractivity contribution in [2.45, 2.75) is 19.8 Å². The normalized spacial score (nSPS) is 11.9. The molecule has 0 aliphatic heterocycles. The van der Waals surface area contributed by atoms with Gasteiger partial charge in [-0.25, -0.2) is 0 Å². The van der Waals surface area contributed by atoms with Crippen molar-refractivity contribution in [2.24, 2.45) is 11.7 Å². The van der Waals surface area contributed by atoms with E-state index in [2.05, 4.69) is 21.2 Å². The molecule has 1 rings (SSSR count). The van der Waals surface area contributed by atoms with Crippen molar-refractivity contribution in [3.8, 4) is 0 Å². The molecule has 0 saturated heterocycles. The van der Waals surface area contributed by atoms with E-state index in [1.807, 2.05) is 6.92 Å². The number of carbonyl (C=O) groups excluding carboxylic acids is 1. The van der Waals surface area contributed by atoms with Crippen LogP contribution in [0.1, 0.15) is 19.8 Å². The summed E-state index contributed by atoms with van der Waals surface area (Å²) in [5.74, 6) is -0.169. The molecular formula is C12H16BrN3O3. The molecule has 0 spiro atoms. The van der Waals surface area contributed by atoms with Crippen LogP contribution in [-0.2, 0) is 4.79 Å². The highest BCUT2D eigenvalue weighted by Gasteiger charge is 2.17. The number of rotatable bonds is 6. The number of nitrogens with two attached hydrogens (primary N) is 1. The lowest BCUT2D eigenvalue weighted by Gasteiger charge is -2.12. The van der Waals surface area contributed by atoms with Gasteiger partial charge in [-0.3, -0.25) is 14.9 Å². The van der Waals surface area contributed by atoms with E-state index in [0.717, 1.165) is 6.42 Å². The third-order valence-corrected chi connectivity index (χ3v) is 3.31. The fraction of sp³-hybridized carbons (Fsp3) is 0.417. The molecular weight excluding hydrogens is 314 g/mol. The second-order valence-electron chi connectivity index (χ2n) is 4.18. The minimum absolute atomic E-state index is 0.0921. The molecule has 0 aliphatic rings. The van der Waals surface area contributed by atoms with Crippen LogP contribution >= 0.6 is 15.9 Å². The van der Waals surface area contributed by atoms with Gasteiger partial charge in [0.15, 0.2) is 0 Å². The quantitative estimate of drug-likeness (QED) is 0.619. The van der Waals surface area contributed by atoms with E-state index in [9.17, 15) is 14.9 Å². The van der Waals surface area contributed by atoms with Crippen LogP contribution < -0.4 is 11.1 Å². The molecule has 6 nitrogen and oxygen atoms in total. The number of nitro groups is 1. The van der Waals surface area contributed by atoms with Crippen molar-refractivity contribution in [3.63, 3.8) is 0 Å². The van der Waals surface area contributed by atoms with Gasteiger partial charge in [-0.1, -0.05) is 29.3 Å². The van der Waals surface area contributed by atoms with Crippen LogP contribution in [0.15, 0.2) is 22.7 Å². The van der Waals surface area contributed by atoms with Gasteiger partial charge >= 0.3 is 0 Å².